The number of oxazole rings is 1. The lowest BCUT2D eigenvalue weighted by atomic mass is 10.0. The molecular formula is C14H15NO4. The van der Waals surface area contributed by atoms with Gasteiger partial charge < -0.3 is 14.3 Å². The van der Waals surface area contributed by atoms with Crippen LogP contribution in [0.15, 0.2) is 16.5 Å². The molecule has 2 aromatic rings. The smallest absolute Gasteiger partial charge is 0.358 e. The molecule has 5 heteroatoms. The molecule has 0 fully saturated rings. The van der Waals surface area contributed by atoms with Crippen LogP contribution in [0, 0.1) is 20.8 Å². The third kappa shape index (κ3) is 2.19. The predicted octanol–water partition coefficient (Wildman–Crippen LogP) is 2.97. The molecule has 0 aliphatic carbocycles. The van der Waals surface area contributed by atoms with Crippen molar-refractivity contribution in [3.05, 3.63) is 34.7 Å². The highest BCUT2D eigenvalue weighted by Gasteiger charge is 2.19. The average Bonchev–Trinajstić information content (AvgIpc) is 2.74. The second kappa shape index (κ2) is 4.76. The fraction of sp³-hybridized carbons (Fsp3) is 0.286. The number of aryl methyl sites for hydroxylation is 1. The first-order chi connectivity index (χ1) is 8.95. The Morgan fingerprint density at radius 3 is 2.47 bits per heavy atom. The number of nitrogens with zero attached hydrogens (tertiary/aromatic N) is 1. The van der Waals surface area contributed by atoms with Gasteiger partial charge in [-0.3, -0.25) is 0 Å². The highest BCUT2D eigenvalue weighted by atomic mass is 16.5. The van der Waals surface area contributed by atoms with Crippen LogP contribution in [0.3, 0.4) is 0 Å². The maximum absolute atomic E-state index is 11.0. The third-order valence-corrected chi connectivity index (χ3v) is 3.19. The minimum absolute atomic E-state index is 0.0529. The van der Waals surface area contributed by atoms with Crippen LogP contribution in [0.1, 0.15) is 27.4 Å². The predicted molar refractivity (Wildman–Crippen MR) is 69.7 cm³/mol. The molecular weight excluding hydrogens is 246 g/mol. The molecule has 0 amide bonds. The van der Waals surface area contributed by atoms with Crippen molar-refractivity contribution in [3.8, 4) is 17.2 Å². The minimum atomic E-state index is -1.09. The van der Waals surface area contributed by atoms with Crippen molar-refractivity contribution in [1.29, 1.82) is 0 Å². The molecule has 100 valence electrons. The van der Waals surface area contributed by atoms with Crippen molar-refractivity contribution in [2.45, 2.75) is 20.8 Å². The summed E-state index contributed by atoms with van der Waals surface area (Å²) in [6.45, 7) is 5.45. The van der Waals surface area contributed by atoms with Gasteiger partial charge in [-0.1, -0.05) is 0 Å². The summed E-state index contributed by atoms with van der Waals surface area (Å²) >= 11 is 0. The van der Waals surface area contributed by atoms with E-state index in [2.05, 4.69) is 4.98 Å². The molecule has 0 atom stereocenters. The maximum atomic E-state index is 11.0. The molecule has 0 aliphatic rings. The van der Waals surface area contributed by atoms with Gasteiger partial charge in [-0.05, 0) is 44.0 Å². The summed E-state index contributed by atoms with van der Waals surface area (Å²) in [6.07, 6.45) is 0. The van der Waals surface area contributed by atoms with Crippen molar-refractivity contribution in [3.63, 3.8) is 0 Å². The van der Waals surface area contributed by atoms with E-state index >= 15 is 0 Å². The molecule has 0 radical (unpaired) electrons. The Hall–Kier alpha value is -2.30. The lowest BCUT2D eigenvalue weighted by Crippen LogP contribution is -1.98. The van der Waals surface area contributed by atoms with E-state index in [1.165, 1.54) is 0 Å². The Balaban J connectivity index is 2.57. The Bertz CT molecular complexity index is 643. The van der Waals surface area contributed by atoms with E-state index < -0.39 is 5.97 Å². The van der Waals surface area contributed by atoms with Gasteiger partial charge in [0, 0.05) is 5.56 Å². The molecule has 1 aromatic carbocycles. The molecule has 0 spiro atoms. The zero-order valence-corrected chi connectivity index (χ0v) is 11.3. The van der Waals surface area contributed by atoms with Gasteiger partial charge in [0.25, 0.3) is 0 Å². The maximum Gasteiger partial charge on any atom is 0.358 e. The van der Waals surface area contributed by atoms with Gasteiger partial charge in [0.2, 0.25) is 5.89 Å². The monoisotopic (exact) mass is 261 g/mol. The van der Waals surface area contributed by atoms with Crippen LogP contribution in [-0.4, -0.2) is 23.2 Å². The van der Waals surface area contributed by atoms with Crippen molar-refractivity contribution in [1.82, 2.24) is 4.98 Å². The van der Waals surface area contributed by atoms with Crippen molar-refractivity contribution >= 4 is 5.97 Å². The van der Waals surface area contributed by atoms with Crippen molar-refractivity contribution in [2.75, 3.05) is 7.11 Å². The first kappa shape index (κ1) is 13.1. The van der Waals surface area contributed by atoms with E-state index in [0.29, 0.717) is 11.7 Å². The van der Waals surface area contributed by atoms with E-state index in [9.17, 15) is 4.79 Å². The summed E-state index contributed by atoms with van der Waals surface area (Å²) in [5.41, 5.74) is 2.65. The largest absolute Gasteiger partial charge is 0.496 e. The Morgan fingerprint density at radius 2 is 1.95 bits per heavy atom. The Kier molecular flexibility index (Phi) is 3.29. The molecule has 1 aromatic heterocycles. The Labute approximate surface area is 110 Å². The van der Waals surface area contributed by atoms with Gasteiger partial charge in [-0.15, -0.1) is 0 Å². The summed E-state index contributed by atoms with van der Waals surface area (Å²) in [5, 5.41) is 8.99. The van der Waals surface area contributed by atoms with Gasteiger partial charge in [-0.25, -0.2) is 9.78 Å². The van der Waals surface area contributed by atoms with Crippen LogP contribution in [-0.2, 0) is 0 Å². The number of ether oxygens (including phenoxy) is 1. The summed E-state index contributed by atoms with van der Waals surface area (Å²) in [6, 6.07) is 3.63. The fourth-order valence-corrected chi connectivity index (χ4v) is 1.96. The summed E-state index contributed by atoms with van der Waals surface area (Å²) in [5.74, 6) is 0.312. The average molecular weight is 261 g/mol. The third-order valence-electron chi connectivity index (χ3n) is 3.19. The number of aromatic nitrogens is 1. The molecule has 0 saturated heterocycles. The van der Waals surface area contributed by atoms with Crippen molar-refractivity contribution < 1.29 is 19.1 Å². The quantitative estimate of drug-likeness (QED) is 0.919. The highest BCUT2D eigenvalue weighted by molar-refractivity contribution is 5.87. The van der Waals surface area contributed by atoms with Gasteiger partial charge in [0.05, 0.1) is 7.11 Å². The normalized spacial score (nSPS) is 10.5. The molecule has 1 heterocycles. The Morgan fingerprint density at radius 1 is 1.26 bits per heavy atom. The van der Waals surface area contributed by atoms with E-state index in [4.69, 9.17) is 14.3 Å². The lowest BCUT2D eigenvalue weighted by molar-refractivity contribution is 0.0689. The van der Waals surface area contributed by atoms with Crippen molar-refractivity contribution in [2.24, 2.45) is 0 Å². The summed E-state index contributed by atoms with van der Waals surface area (Å²) in [4.78, 5) is 15.0. The SMILES string of the molecule is COc1ccc(-c2nc(C(=O)O)c(C)o2)c(C)c1C. The lowest BCUT2D eigenvalue weighted by Gasteiger charge is -2.10. The molecule has 0 unspecified atom stereocenters. The topological polar surface area (TPSA) is 72.6 Å². The van der Waals surface area contributed by atoms with E-state index in [0.717, 1.165) is 22.4 Å². The number of hydrogen-bond acceptors (Lipinski definition) is 4. The first-order valence-corrected chi connectivity index (χ1v) is 5.81. The number of carboxylic acid groups (broad SMARTS) is 1. The molecule has 0 aliphatic heterocycles. The fourth-order valence-electron chi connectivity index (χ4n) is 1.96. The number of aromatic carboxylic acids is 1. The number of benzene rings is 1. The second-order valence-electron chi connectivity index (χ2n) is 4.29. The van der Waals surface area contributed by atoms with Crippen LogP contribution >= 0.6 is 0 Å². The van der Waals surface area contributed by atoms with Crippen LogP contribution in [0.5, 0.6) is 5.75 Å². The number of carbonyl (C=O) groups is 1. The van der Waals surface area contributed by atoms with Gasteiger partial charge in [0.15, 0.2) is 5.69 Å². The van der Waals surface area contributed by atoms with Crippen LogP contribution < -0.4 is 4.74 Å². The second-order valence-corrected chi connectivity index (χ2v) is 4.29. The number of rotatable bonds is 3. The standard InChI is InChI=1S/C14H15NO4/c1-7-8(2)11(18-4)6-5-10(7)13-15-12(14(16)17)9(3)19-13/h5-6H,1-4H3,(H,16,17). The molecule has 5 nitrogen and oxygen atoms in total. The van der Waals surface area contributed by atoms with Crippen LogP contribution in [0.2, 0.25) is 0 Å². The molecule has 2 rings (SSSR count). The zero-order valence-electron chi connectivity index (χ0n) is 11.3. The van der Waals surface area contributed by atoms with Crippen LogP contribution in [0.4, 0.5) is 0 Å². The summed E-state index contributed by atoms with van der Waals surface area (Å²) < 4.78 is 10.7. The molecule has 0 saturated carbocycles. The van der Waals surface area contributed by atoms with Crippen LogP contribution in [0.25, 0.3) is 11.5 Å². The molecule has 0 bridgehead atoms. The van der Waals surface area contributed by atoms with E-state index in [1.54, 1.807) is 14.0 Å². The van der Waals surface area contributed by atoms with E-state index in [1.807, 2.05) is 26.0 Å². The van der Waals surface area contributed by atoms with E-state index in [-0.39, 0.29) is 5.69 Å². The number of hydrogen-bond donors (Lipinski definition) is 1. The first-order valence-electron chi connectivity index (χ1n) is 5.81. The van der Waals surface area contributed by atoms with Gasteiger partial charge in [0.1, 0.15) is 11.5 Å². The molecule has 19 heavy (non-hydrogen) atoms. The number of carboxylic acids is 1. The van der Waals surface area contributed by atoms with Gasteiger partial charge >= 0.3 is 5.97 Å². The zero-order chi connectivity index (χ0) is 14.2. The van der Waals surface area contributed by atoms with Gasteiger partial charge in [-0.2, -0.15) is 0 Å². The minimum Gasteiger partial charge on any atom is -0.496 e. The molecule has 1 N–H and O–H groups in total. The number of methoxy groups -OCH3 is 1. The summed E-state index contributed by atoms with van der Waals surface area (Å²) in [7, 11) is 1.61. The highest BCUT2D eigenvalue weighted by Crippen LogP contribution is 2.31.